The molecule has 2 N–H and O–H groups in total. The SMILES string of the molecule is CCN(CC)S(=O)(=O)c1ccc(C)c(C(=O)NNc2nc(C)cc(C)n2)c1. The highest BCUT2D eigenvalue weighted by Gasteiger charge is 2.23. The number of rotatable bonds is 7. The van der Waals surface area contributed by atoms with Gasteiger partial charge in [-0.1, -0.05) is 19.9 Å². The molecular formula is C18H25N5O3S. The molecule has 0 saturated carbocycles. The Balaban J connectivity index is 2.26. The molecule has 0 radical (unpaired) electrons. The maximum absolute atomic E-state index is 12.7. The third-order valence-corrected chi connectivity index (χ3v) is 6.11. The number of carbonyl (C=O) groups is 1. The van der Waals surface area contributed by atoms with Crippen LogP contribution in [-0.2, 0) is 10.0 Å². The Morgan fingerprint density at radius 2 is 1.63 bits per heavy atom. The number of amides is 1. The van der Waals surface area contributed by atoms with E-state index in [-0.39, 0.29) is 16.4 Å². The van der Waals surface area contributed by atoms with Crippen molar-refractivity contribution in [2.45, 2.75) is 39.5 Å². The molecule has 1 aromatic carbocycles. The second-order valence-electron chi connectivity index (χ2n) is 6.12. The normalized spacial score (nSPS) is 11.5. The van der Waals surface area contributed by atoms with Gasteiger partial charge in [0.1, 0.15) is 0 Å². The van der Waals surface area contributed by atoms with Crippen LogP contribution in [0.2, 0.25) is 0 Å². The third-order valence-electron chi connectivity index (χ3n) is 4.07. The molecule has 0 saturated heterocycles. The van der Waals surface area contributed by atoms with Crippen molar-refractivity contribution in [3.8, 4) is 0 Å². The predicted molar refractivity (Wildman–Crippen MR) is 104 cm³/mol. The van der Waals surface area contributed by atoms with Crippen molar-refractivity contribution in [1.82, 2.24) is 19.7 Å². The van der Waals surface area contributed by atoms with E-state index in [1.54, 1.807) is 26.8 Å². The molecule has 27 heavy (non-hydrogen) atoms. The van der Waals surface area contributed by atoms with E-state index in [1.807, 2.05) is 19.9 Å². The highest BCUT2D eigenvalue weighted by atomic mass is 32.2. The highest BCUT2D eigenvalue weighted by Crippen LogP contribution is 2.19. The molecule has 8 nitrogen and oxygen atoms in total. The fraction of sp³-hybridized carbons (Fsp3) is 0.389. The molecule has 0 fully saturated rings. The average Bonchev–Trinajstić information content (AvgIpc) is 2.60. The van der Waals surface area contributed by atoms with Crippen LogP contribution in [-0.4, -0.2) is 41.7 Å². The molecule has 2 aromatic rings. The van der Waals surface area contributed by atoms with Gasteiger partial charge in [-0.05, 0) is 44.5 Å². The third kappa shape index (κ3) is 4.81. The summed E-state index contributed by atoms with van der Waals surface area (Å²) in [5.41, 5.74) is 7.66. The first kappa shape index (κ1) is 20.8. The molecule has 0 aliphatic heterocycles. The van der Waals surface area contributed by atoms with Gasteiger partial charge in [0.15, 0.2) is 0 Å². The molecule has 0 bridgehead atoms. The van der Waals surface area contributed by atoms with E-state index in [1.165, 1.54) is 16.4 Å². The second kappa shape index (κ2) is 8.45. The number of benzene rings is 1. The second-order valence-corrected chi connectivity index (χ2v) is 8.06. The first-order chi connectivity index (χ1) is 12.7. The molecule has 0 atom stereocenters. The van der Waals surface area contributed by atoms with Gasteiger partial charge in [0.2, 0.25) is 16.0 Å². The first-order valence-electron chi connectivity index (χ1n) is 8.68. The van der Waals surface area contributed by atoms with Gasteiger partial charge in [-0.25, -0.2) is 18.4 Å². The topological polar surface area (TPSA) is 104 Å². The number of hydrogen-bond acceptors (Lipinski definition) is 6. The van der Waals surface area contributed by atoms with Gasteiger partial charge >= 0.3 is 0 Å². The summed E-state index contributed by atoms with van der Waals surface area (Å²) in [7, 11) is -3.64. The van der Waals surface area contributed by atoms with Crippen LogP contribution in [0, 0.1) is 20.8 Å². The standard InChI is InChI=1S/C18H25N5O3S/c1-6-23(7-2)27(25,26)15-9-8-12(3)16(11-15)17(24)21-22-18-19-13(4)10-14(5)20-18/h8-11H,6-7H2,1-5H3,(H,21,24)(H,19,20,22). The van der Waals surface area contributed by atoms with Crippen LogP contribution in [0.15, 0.2) is 29.2 Å². The highest BCUT2D eigenvalue weighted by molar-refractivity contribution is 7.89. The molecule has 9 heteroatoms. The zero-order chi connectivity index (χ0) is 20.2. The summed E-state index contributed by atoms with van der Waals surface area (Å²) in [6.07, 6.45) is 0. The molecule has 0 spiro atoms. The van der Waals surface area contributed by atoms with Gasteiger partial charge in [-0.3, -0.25) is 15.6 Å². The van der Waals surface area contributed by atoms with Crippen molar-refractivity contribution in [2.24, 2.45) is 0 Å². The van der Waals surface area contributed by atoms with E-state index in [4.69, 9.17) is 0 Å². The zero-order valence-corrected chi connectivity index (χ0v) is 17.0. The number of hydrazine groups is 1. The van der Waals surface area contributed by atoms with E-state index < -0.39 is 15.9 Å². The summed E-state index contributed by atoms with van der Waals surface area (Å²) in [6, 6.07) is 6.35. The number of aromatic nitrogens is 2. The van der Waals surface area contributed by atoms with Crippen molar-refractivity contribution in [2.75, 3.05) is 18.5 Å². The van der Waals surface area contributed by atoms with Crippen molar-refractivity contribution in [3.05, 3.63) is 46.8 Å². The van der Waals surface area contributed by atoms with Gasteiger partial charge < -0.3 is 0 Å². The summed E-state index contributed by atoms with van der Waals surface area (Å²) in [5, 5.41) is 0. The van der Waals surface area contributed by atoms with E-state index in [9.17, 15) is 13.2 Å². The lowest BCUT2D eigenvalue weighted by Crippen LogP contribution is -2.32. The largest absolute Gasteiger partial charge is 0.270 e. The monoisotopic (exact) mass is 391 g/mol. The summed E-state index contributed by atoms with van der Waals surface area (Å²) in [5.74, 6) is -0.197. The molecule has 1 heterocycles. The van der Waals surface area contributed by atoms with Crippen LogP contribution < -0.4 is 10.9 Å². The van der Waals surface area contributed by atoms with Gasteiger partial charge in [-0.2, -0.15) is 4.31 Å². The summed E-state index contributed by atoms with van der Waals surface area (Å²) in [6.45, 7) is 9.67. The van der Waals surface area contributed by atoms with Crippen LogP contribution in [0.1, 0.15) is 41.2 Å². The Kier molecular flexibility index (Phi) is 6.50. The minimum Gasteiger partial charge on any atom is -0.267 e. The molecule has 0 unspecified atom stereocenters. The van der Waals surface area contributed by atoms with E-state index in [0.29, 0.717) is 18.7 Å². The lowest BCUT2D eigenvalue weighted by Gasteiger charge is -2.19. The molecule has 146 valence electrons. The van der Waals surface area contributed by atoms with Gasteiger partial charge in [0.25, 0.3) is 5.91 Å². The van der Waals surface area contributed by atoms with Crippen LogP contribution >= 0.6 is 0 Å². The smallest absolute Gasteiger partial charge is 0.267 e. The first-order valence-corrected chi connectivity index (χ1v) is 10.1. The minimum atomic E-state index is -3.64. The van der Waals surface area contributed by atoms with Crippen LogP contribution in [0.4, 0.5) is 5.95 Å². The molecular weight excluding hydrogens is 366 g/mol. The van der Waals surface area contributed by atoms with Crippen molar-refractivity contribution < 1.29 is 13.2 Å². The Morgan fingerprint density at radius 1 is 1.04 bits per heavy atom. The minimum absolute atomic E-state index is 0.0876. The van der Waals surface area contributed by atoms with Gasteiger partial charge in [-0.15, -0.1) is 0 Å². The lowest BCUT2D eigenvalue weighted by molar-refractivity contribution is 0.0961. The van der Waals surface area contributed by atoms with Crippen molar-refractivity contribution in [1.29, 1.82) is 0 Å². The maximum atomic E-state index is 12.7. The molecule has 0 aliphatic carbocycles. The molecule has 2 rings (SSSR count). The number of nitrogens with one attached hydrogen (secondary N) is 2. The van der Waals surface area contributed by atoms with Crippen molar-refractivity contribution >= 4 is 21.9 Å². The van der Waals surface area contributed by atoms with E-state index in [2.05, 4.69) is 20.8 Å². The zero-order valence-electron chi connectivity index (χ0n) is 16.2. The Morgan fingerprint density at radius 3 is 2.19 bits per heavy atom. The number of nitrogens with zero attached hydrogens (tertiary/aromatic N) is 3. The predicted octanol–water partition coefficient (Wildman–Crippen LogP) is 2.19. The number of hydrogen-bond donors (Lipinski definition) is 2. The van der Waals surface area contributed by atoms with Crippen molar-refractivity contribution in [3.63, 3.8) is 0 Å². The Bertz CT molecular complexity index is 920. The molecule has 0 aliphatic rings. The van der Waals surface area contributed by atoms with E-state index >= 15 is 0 Å². The Hall–Kier alpha value is -2.52. The number of anilines is 1. The summed E-state index contributed by atoms with van der Waals surface area (Å²) >= 11 is 0. The number of carbonyl (C=O) groups excluding carboxylic acids is 1. The fourth-order valence-electron chi connectivity index (χ4n) is 2.68. The van der Waals surface area contributed by atoms with Crippen LogP contribution in [0.25, 0.3) is 0 Å². The summed E-state index contributed by atoms with van der Waals surface area (Å²) < 4.78 is 26.7. The lowest BCUT2D eigenvalue weighted by atomic mass is 10.1. The Labute approximate surface area is 160 Å². The quantitative estimate of drug-likeness (QED) is 0.701. The van der Waals surface area contributed by atoms with Gasteiger partial charge in [0, 0.05) is 30.0 Å². The van der Waals surface area contributed by atoms with Gasteiger partial charge in [0.05, 0.1) is 4.90 Å². The fourth-order valence-corrected chi connectivity index (χ4v) is 4.17. The van der Waals surface area contributed by atoms with Crippen LogP contribution in [0.5, 0.6) is 0 Å². The maximum Gasteiger partial charge on any atom is 0.270 e. The summed E-state index contributed by atoms with van der Waals surface area (Å²) in [4.78, 5) is 21.0. The van der Waals surface area contributed by atoms with E-state index in [0.717, 1.165) is 11.4 Å². The molecule has 1 aromatic heterocycles. The number of sulfonamides is 1. The average molecular weight is 391 g/mol. The van der Waals surface area contributed by atoms with Crippen LogP contribution in [0.3, 0.4) is 0 Å². The molecule has 1 amide bonds. The number of aryl methyl sites for hydroxylation is 3.